The number of fused-ring (bicyclic) bond motifs is 1. The van der Waals surface area contributed by atoms with Gasteiger partial charge in [0, 0.05) is 6.04 Å². The summed E-state index contributed by atoms with van der Waals surface area (Å²) in [5.74, 6) is 2.13. The van der Waals surface area contributed by atoms with Crippen molar-refractivity contribution in [3.8, 4) is 0 Å². The van der Waals surface area contributed by atoms with Gasteiger partial charge in [-0.05, 0) is 54.7 Å². The molecule has 0 spiro atoms. The summed E-state index contributed by atoms with van der Waals surface area (Å²) in [4.78, 5) is 0. The van der Waals surface area contributed by atoms with Gasteiger partial charge >= 0.3 is 0 Å². The summed E-state index contributed by atoms with van der Waals surface area (Å²) in [6.07, 6.45) is 5.37. The highest BCUT2D eigenvalue weighted by molar-refractivity contribution is 5.28. The van der Waals surface area contributed by atoms with Crippen molar-refractivity contribution in [2.45, 2.75) is 38.6 Å². The average Bonchev–Trinajstić information content (AvgIpc) is 3.06. The minimum atomic E-state index is -0.124. The van der Waals surface area contributed by atoms with Gasteiger partial charge in [0.05, 0.1) is 0 Å². The van der Waals surface area contributed by atoms with Gasteiger partial charge in [-0.1, -0.05) is 25.0 Å². The number of nitrogens with two attached hydrogens (primary N) is 1. The molecular weight excluding hydrogens is 213 g/mol. The van der Waals surface area contributed by atoms with E-state index in [4.69, 9.17) is 5.73 Å². The molecule has 0 radical (unpaired) electrons. The molecule has 0 bridgehead atoms. The van der Waals surface area contributed by atoms with Crippen LogP contribution in [0.1, 0.15) is 42.9 Å². The number of rotatable bonds is 2. The Morgan fingerprint density at radius 2 is 1.88 bits per heavy atom. The van der Waals surface area contributed by atoms with Gasteiger partial charge in [0.1, 0.15) is 5.82 Å². The van der Waals surface area contributed by atoms with E-state index in [9.17, 15) is 4.39 Å². The lowest BCUT2D eigenvalue weighted by atomic mass is 9.99. The fourth-order valence-corrected chi connectivity index (χ4v) is 3.62. The molecule has 3 atom stereocenters. The monoisotopic (exact) mass is 233 g/mol. The van der Waals surface area contributed by atoms with Gasteiger partial charge in [0.25, 0.3) is 0 Å². The van der Waals surface area contributed by atoms with Crippen molar-refractivity contribution in [2.75, 3.05) is 0 Å². The summed E-state index contributed by atoms with van der Waals surface area (Å²) in [6.45, 7) is 1.79. The zero-order chi connectivity index (χ0) is 12.0. The Morgan fingerprint density at radius 3 is 2.47 bits per heavy atom. The molecule has 2 aliphatic carbocycles. The van der Waals surface area contributed by atoms with Gasteiger partial charge in [0.15, 0.2) is 0 Å². The number of hydrogen-bond acceptors (Lipinski definition) is 1. The van der Waals surface area contributed by atoms with Crippen molar-refractivity contribution in [3.63, 3.8) is 0 Å². The number of benzene rings is 1. The maximum Gasteiger partial charge on any atom is 0.126 e. The van der Waals surface area contributed by atoms with Crippen molar-refractivity contribution in [1.29, 1.82) is 0 Å². The van der Waals surface area contributed by atoms with E-state index in [2.05, 4.69) is 0 Å². The number of halogens is 1. The molecule has 0 amide bonds. The largest absolute Gasteiger partial charge is 0.324 e. The Labute approximate surface area is 102 Å². The van der Waals surface area contributed by atoms with Crippen LogP contribution in [-0.2, 0) is 0 Å². The lowest BCUT2D eigenvalue weighted by molar-refractivity contribution is 0.480. The first-order valence-corrected chi connectivity index (χ1v) is 6.70. The molecular formula is C15H20FN. The molecule has 1 aromatic rings. The molecule has 92 valence electrons. The molecule has 2 heteroatoms. The first-order chi connectivity index (χ1) is 8.18. The summed E-state index contributed by atoms with van der Waals surface area (Å²) < 4.78 is 13.5. The number of aryl methyl sites for hydroxylation is 1. The van der Waals surface area contributed by atoms with Gasteiger partial charge < -0.3 is 5.73 Å². The smallest absolute Gasteiger partial charge is 0.126 e. The first kappa shape index (κ1) is 11.2. The van der Waals surface area contributed by atoms with Crippen molar-refractivity contribution < 1.29 is 4.39 Å². The predicted octanol–water partition coefficient (Wildman–Crippen LogP) is 3.57. The molecule has 0 aromatic heterocycles. The van der Waals surface area contributed by atoms with Crippen LogP contribution in [0.4, 0.5) is 4.39 Å². The van der Waals surface area contributed by atoms with Gasteiger partial charge in [0.2, 0.25) is 0 Å². The molecule has 3 rings (SSSR count). The second kappa shape index (κ2) is 4.09. The average molecular weight is 233 g/mol. The minimum absolute atomic E-state index is 0.0400. The third-order valence-corrected chi connectivity index (χ3v) is 4.72. The molecule has 0 heterocycles. The first-order valence-electron chi connectivity index (χ1n) is 6.70. The topological polar surface area (TPSA) is 26.0 Å². The third kappa shape index (κ3) is 1.89. The fourth-order valence-electron chi connectivity index (χ4n) is 3.62. The van der Waals surface area contributed by atoms with E-state index < -0.39 is 0 Å². The Bertz CT molecular complexity index is 417. The van der Waals surface area contributed by atoms with Gasteiger partial charge in [-0.25, -0.2) is 4.39 Å². The molecule has 2 aliphatic rings. The van der Waals surface area contributed by atoms with Crippen molar-refractivity contribution in [3.05, 3.63) is 35.1 Å². The molecule has 3 unspecified atom stereocenters. The molecule has 2 N–H and O–H groups in total. The lowest BCUT2D eigenvalue weighted by Crippen LogP contribution is -2.14. The minimum Gasteiger partial charge on any atom is -0.324 e. The van der Waals surface area contributed by atoms with Gasteiger partial charge in [-0.2, -0.15) is 0 Å². The third-order valence-electron chi connectivity index (χ3n) is 4.72. The number of hydrogen-bond donors (Lipinski definition) is 1. The van der Waals surface area contributed by atoms with E-state index >= 15 is 0 Å². The van der Waals surface area contributed by atoms with E-state index in [0.29, 0.717) is 11.5 Å². The van der Waals surface area contributed by atoms with Crippen LogP contribution in [0, 0.1) is 30.5 Å². The van der Waals surface area contributed by atoms with E-state index in [-0.39, 0.29) is 11.9 Å². The second-order valence-electron chi connectivity index (χ2n) is 5.72. The molecule has 17 heavy (non-hydrogen) atoms. The Balaban J connectivity index is 1.78. The normalized spacial score (nSPS) is 33.0. The SMILES string of the molecule is Cc1ccc(C(N)C2C3CCCCC32)cc1F. The Morgan fingerprint density at radius 1 is 1.24 bits per heavy atom. The highest BCUT2D eigenvalue weighted by Gasteiger charge is 2.53. The highest BCUT2D eigenvalue weighted by atomic mass is 19.1. The van der Waals surface area contributed by atoms with Crippen molar-refractivity contribution in [1.82, 2.24) is 0 Å². The summed E-state index contributed by atoms with van der Waals surface area (Å²) in [5.41, 5.74) is 7.99. The summed E-state index contributed by atoms with van der Waals surface area (Å²) in [6, 6.07) is 5.51. The summed E-state index contributed by atoms with van der Waals surface area (Å²) in [7, 11) is 0. The maximum absolute atomic E-state index is 13.5. The zero-order valence-corrected chi connectivity index (χ0v) is 10.3. The van der Waals surface area contributed by atoms with Crippen LogP contribution in [0.3, 0.4) is 0 Å². The van der Waals surface area contributed by atoms with Gasteiger partial charge in [-0.15, -0.1) is 0 Å². The van der Waals surface area contributed by atoms with Crippen LogP contribution in [0.5, 0.6) is 0 Å². The van der Waals surface area contributed by atoms with Crippen LogP contribution >= 0.6 is 0 Å². The van der Waals surface area contributed by atoms with Gasteiger partial charge in [-0.3, -0.25) is 0 Å². The quantitative estimate of drug-likeness (QED) is 0.830. The molecule has 0 aliphatic heterocycles. The van der Waals surface area contributed by atoms with E-state index in [1.165, 1.54) is 25.7 Å². The molecule has 0 saturated heterocycles. The summed E-state index contributed by atoms with van der Waals surface area (Å²) >= 11 is 0. The van der Waals surface area contributed by atoms with Crippen LogP contribution in [-0.4, -0.2) is 0 Å². The molecule has 1 aromatic carbocycles. The zero-order valence-electron chi connectivity index (χ0n) is 10.3. The van der Waals surface area contributed by atoms with E-state index in [0.717, 1.165) is 17.4 Å². The molecule has 2 saturated carbocycles. The van der Waals surface area contributed by atoms with Crippen molar-refractivity contribution >= 4 is 0 Å². The van der Waals surface area contributed by atoms with Crippen LogP contribution < -0.4 is 5.73 Å². The fraction of sp³-hybridized carbons (Fsp3) is 0.600. The lowest BCUT2D eigenvalue weighted by Gasteiger charge is -2.12. The predicted molar refractivity (Wildman–Crippen MR) is 67.0 cm³/mol. The standard InChI is InChI=1S/C15H20FN/c1-9-6-7-10(8-13(9)16)15(17)14-11-4-2-3-5-12(11)14/h6-8,11-12,14-15H,2-5,17H2,1H3. The molecule has 2 fully saturated rings. The van der Waals surface area contributed by atoms with E-state index in [1.54, 1.807) is 13.0 Å². The Kier molecular flexibility index (Phi) is 2.70. The highest BCUT2D eigenvalue weighted by Crippen LogP contribution is 2.59. The van der Waals surface area contributed by atoms with Crippen LogP contribution in [0.25, 0.3) is 0 Å². The second-order valence-corrected chi connectivity index (χ2v) is 5.72. The maximum atomic E-state index is 13.5. The molecule has 1 nitrogen and oxygen atoms in total. The Hall–Kier alpha value is -0.890. The van der Waals surface area contributed by atoms with Crippen LogP contribution in [0.2, 0.25) is 0 Å². The van der Waals surface area contributed by atoms with Crippen molar-refractivity contribution in [2.24, 2.45) is 23.5 Å². The summed E-state index contributed by atoms with van der Waals surface area (Å²) in [5, 5.41) is 0. The van der Waals surface area contributed by atoms with E-state index in [1.807, 2.05) is 12.1 Å². The van der Waals surface area contributed by atoms with Crippen LogP contribution in [0.15, 0.2) is 18.2 Å².